The fourth-order valence-electron chi connectivity index (χ4n) is 3.20. The second-order valence-electron chi connectivity index (χ2n) is 6.90. The first kappa shape index (κ1) is 20.8. The summed E-state index contributed by atoms with van der Waals surface area (Å²) in [5, 5.41) is 11.6. The predicted octanol–water partition coefficient (Wildman–Crippen LogP) is 3.77. The molecule has 1 aliphatic heterocycles. The van der Waals surface area contributed by atoms with Crippen molar-refractivity contribution in [1.82, 2.24) is 4.31 Å². The van der Waals surface area contributed by atoms with Crippen LogP contribution in [-0.2, 0) is 14.8 Å². The first-order chi connectivity index (χ1) is 14.0. The van der Waals surface area contributed by atoms with Crippen molar-refractivity contribution in [3.63, 3.8) is 0 Å². The van der Waals surface area contributed by atoms with Gasteiger partial charge in [-0.3, -0.25) is 4.79 Å². The minimum Gasteiger partial charge on any atom is -0.322 e. The number of nitrogens with zero attached hydrogens (tertiary/aromatic N) is 2. The molecule has 2 aromatic rings. The molecule has 0 bridgehead atoms. The van der Waals surface area contributed by atoms with E-state index in [2.05, 4.69) is 5.32 Å². The summed E-state index contributed by atoms with van der Waals surface area (Å²) >= 11 is 0. The van der Waals surface area contributed by atoms with Gasteiger partial charge in [0.05, 0.1) is 16.5 Å². The lowest BCUT2D eigenvalue weighted by Gasteiger charge is -2.19. The summed E-state index contributed by atoms with van der Waals surface area (Å²) in [6.07, 6.45) is 6.92. The molecular formula is C22H23N3O3S. The monoisotopic (exact) mass is 409 g/mol. The van der Waals surface area contributed by atoms with E-state index in [-0.39, 0.29) is 10.8 Å². The van der Waals surface area contributed by atoms with Crippen LogP contribution in [0.5, 0.6) is 0 Å². The molecule has 0 radical (unpaired) electrons. The molecule has 0 unspecified atom stereocenters. The first-order valence-electron chi connectivity index (χ1n) is 9.58. The van der Waals surface area contributed by atoms with Crippen molar-refractivity contribution in [1.29, 1.82) is 5.26 Å². The van der Waals surface area contributed by atoms with Gasteiger partial charge < -0.3 is 5.32 Å². The van der Waals surface area contributed by atoms with Gasteiger partial charge >= 0.3 is 0 Å². The number of rotatable bonds is 5. The molecule has 1 heterocycles. The molecule has 0 saturated carbocycles. The van der Waals surface area contributed by atoms with Crippen LogP contribution in [0.4, 0.5) is 5.69 Å². The van der Waals surface area contributed by atoms with Crippen LogP contribution in [0.3, 0.4) is 0 Å². The molecule has 0 aromatic heterocycles. The number of benzene rings is 2. The summed E-state index contributed by atoms with van der Waals surface area (Å²) in [6, 6.07) is 15.2. The lowest BCUT2D eigenvalue weighted by Crippen LogP contribution is -2.31. The summed E-state index contributed by atoms with van der Waals surface area (Å²) in [5.41, 5.74) is 1.73. The largest absolute Gasteiger partial charge is 0.322 e. The summed E-state index contributed by atoms with van der Waals surface area (Å²) in [5.74, 6) is -0.332. The van der Waals surface area contributed by atoms with Crippen LogP contribution in [0.25, 0.3) is 6.08 Å². The van der Waals surface area contributed by atoms with Gasteiger partial charge in [0.25, 0.3) is 0 Å². The van der Waals surface area contributed by atoms with Gasteiger partial charge in [0.1, 0.15) is 0 Å². The average Bonchev–Trinajstić information content (AvgIpc) is 3.03. The normalized spacial score (nSPS) is 15.6. The van der Waals surface area contributed by atoms with Crippen molar-refractivity contribution in [3.05, 3.63) is 65.7 Å². The van der Waals surface area contributed by atoms with E-state index in [1.54, 1.807) is 58.9 Å². The van der Waals surface area contributed by atoms with Gasteiger partial charge in [-0.1, -0.05) is 31.0 Å². The van der Waals surface area contributed by atoms with Crippen LogP contribution >= 0.6 is 0 Å². The van der Waals surface area contributed by atoms with Crippen molar-refractivity contribution in [2.24, 2.45) is 0 Å². The number of hydrogen-bond donors (Lipinski definition) is 1. The third-order valence-electron chi connectivity index (χ3n) is 4.77. The van der Waals surface area contributed by atoms with Gasteiger partial charge in [-0.05, 0) is 54.8 Å². The third-order valence-corrected chi connectivity index (χ3v) is 6.68. The Bertz CT molecular complexity index is 1030. The molecule has 6 nitrogen and oxygen atoms in total. The van der Waals surface area contributed by atoms with E-state index in [0.29, 0.717) is 24.3 Å². The summed E-state index contributed by atoms with van der Waals surface area (Å²) < 4.78 is 27.2. The van der Waals surface area contributed by atoms with Crippen molar-refractivity contribution in [2.45, 2.75) is 30.6 Å². The average molecular weight is 410 g/mol. The van der Waals surface area contributed by atoms with Gasteiger partial charge in [0.15, 0.2) is 0 Å². The van der Waals surface area contributed by atoms with E-state index in [4.69, 9.17) is 5.26 Å². The van der Waals surface area contributed by atoms with Gasteiger partial charge in [-0.2, -0.15) is 9.57 Å². The number of hydrogen-bond acceptors (Lipinski definition) is 4. The third kappa shape index (κ3) is 5.53. The van der Waals surface area contributed by atoms with E-state index in [9.17, 15) is 13.2 Å². The van der Waals surface area contributed by atoms with Gasteiger partial charge in [-0.15, -0.1) is 0 Å². The maximum atomic E-state index is 12.8. The van der Waals surface area contributed by atoms with Crippen LogP contribution in [0.2, 0.25) is 0 Å². The molecular weight excluding hydrogens is 386 g/mol. The van der Waals surface area contributed by atoms with Gasteiger partial charge in [0.2, 0.25) is 15.9 Å². The Morgan fingerprint density at radius 2 is 1.72 bits per heavy atom. The number of anilines is 1. The maximum absolute atomic E-state index is 12.8. The number of carbonyl (C=O) groups excluding carboxylic acids is 1. The minimum absolute atomic E-state index is 0.273. The molecule has 3 rings (SSSR count). The summed E-state index contributed by atoms with van der Waals surface area (Å²) in [7, 11) is -3.48. The Hall–Kier alpha value is -2.95. The van der Waals surface area contributed by atoms with Gasteiger partial charge in [0, 0.05) is 24.9 Å². The topological polar surface area (TPSA) is 90.3 Å². The second kappa shape index (κ2) is 9.50. The van der Waals surface area contributed by atoms with Gasteiger partial charge in [-0.25, -0.2) is 8.42 Å². The molecule has 0 spiro atoms. The zero-order valence-corrected chi connectivity index (χ0v) is 16.9. The fourth-order valence-corrected chi connectivity index (χ4v) is 4.72. The second-order valence-corrected chi connectivity index (χ2v) is 8.84. The smallest absolute Gasteiger partial charge is 0.248 e. The number of amides is 1. The van der Waals surface area contributed by atoms with Crippen LogP contribution in [0.15, 0.2) is 59.5 Å². The van der Waals surface area contributed by atoms with E-state index in [0.717, 1.165) is 31.2 Å². The van der Waals surface area contributed by atoms with Crippen molar-refractivity contribution < 1.29 is 13.2 Å². The summed E-state index contributed by atoms with van der Waals surface area (Å²) in [6.45, 7) is 1.13. The highest BCUT2D eigenvalue weighted by Gasteiger charge is 2.24. The quantitative estimate of drug-likeness (QED) is 0.761. The van der Waals surface area contributed by atoms with E-state index >= 15 is 0 Å². The number of nitriles is 1. The van der Waals surface area contributed by atoms with Crippen LogP contribution < -0.4 is 5.32 Å². The molecule has 7 heteroatoms. The molecule has 1 amide bonds. The molecule has 1 N–H and O–H groups in total. The van der Waals surface area contributed by atoms with E-state index in [1.807, 2.05) is 6.07 Å². The Labute approximate surface area is 171 Å². The van der Waals surface area contributed by atoms with Crippen LogP contribution in [0, 0.1) is 11.3 Å². The van der Waals surface area contributed by atoms with Crippen LogP contribution in [0.1, 0.15) is 36.8 Å². The Kier molecular flexibility index (Phi) is 6.81. The van der Waals surface area contributed by atoms with Crippen LogP contribution in [-0.4, -0.2) is 31.7 Å². The molecule has 1 aliphatic rings. The molecule has 150 valence electrons. The number of sulfonamides is 1. The Morgan fingerprint density at radius 1 is 1.03 bits per heavy atom. The zero-order valence-electron chi connectivity index (χ0n) is 16.0. The standard InChI is InChI=1S/C22H23N3O3S/c23-17-19-6-5-7-20(16-19)24-22(26)13-10-18-8-11-21(12-9-18)29(27,28)25-14-3-1-2-4-15-25/h5-13,16H,1-4,14-15H2,(H,24,26). The van der Waals surface area contributed by atoms with E-state index in [1.165, 1.54) is 6.08 Å². The minimum atomic E-state index is -3.48. The maximum Gasteiger partial charge on any atom is 0.248 e. The molecule has 2 aromatic carbocycles. The fraction of sp³-hybridized carbons (Fsp3) is 0.273. The summed E-state index contributed by atoms with van der Waals surface area (Å²) in [4.78, 5) is 12.3. The number of nitrogens with one attached hydrogen (secondary N) is 1. The first-order valence-corrected chi connectivity index (χ1v) is 11.0. The zero-order chi connectivity index (χ0) is 20.7. The van der Waals surface area contributed by atoms with Crippen molar-refractivity contribution in [2.75, 3.05) is 18.4 Å². The Morgan fingerprint density at radius 3 is 2.38 bits per heavy atom. The lowest BCUT2D eigenvalue weighted by atomic mass is 10.2. The SMILES string of the molecule is N#Cc1cccc(NC(=O)C=Cc2ccc(S(=O)(=O)N3CCCCCC3)cc2)c1. The molecule has 29 heavy (non-hydrogen) atoms. The van der Waals surface area contributed by atoms with E-state index < -0.39 is 10.0 Å². The lowest BCUT2D eigenvalue weighted by molar-refractivity contribution is -0.111. The highest BCUT2D eigenvalue weighted by atomic mass is 32.2. The predicted molar refractivity (Wildman–Crippen MR) is 112 cm³/mol. The molecule has 1 saturated heterocycles. The number of carbonyl (C=O) groups is 1. The molecule has 0 aliphatic carbocycles. The van der Waals surface area contributed by atoms with Crippen molar-refractivity contribution >= 4 is 27.7 Å². The highest BCUT2D eigenvalue weighted by molar-refractivity contribution is 7.89. The highest BCUT2D eigenvalue weighted by Crippen LogP contribution is 2.21. The van der Waals surface area contributed by atoms with Crippen molar-refractivity contribution in [3.8, 4) is 6.07 Å². The molecule has 1 fully saturated rings. The Balaban J connectivity index is 1.65. The molecule has 0 atom stereocenters.